The molecule has 0 amide bonds. The molecule has 28 heavy (non-hydrogen) atoms. The molecule has 1 unspecified atom stereocenters. The average molecular weight is 452 g/mol. The number of rotatable bonds is 12. The molecule has 5 nitrogen and oxygen atoms in total. The summed E-state index contributed by atoms with van der Waals surface area (Å²) in [4.78, 5) is 19.8. The lowest BCUT2D eigenvalue weighted by Crippen LogP contribution is -2.23. The van der Waals surface area contributed by atoms with E-state index in [0.717, 1.165) is 42.4 Å². The fourth-order valence-electron chi connectivity index (χ4n) is 2.31. The van der Waals surface area contributed by atoms with Crippen molar-refractivity contribution in [3.63, 3.8) is 0 Å². The van der Waals surface area contributed by atoms with Gasteiger partial charge in [0.15, 0.2) is 0 Å². The van der Waals surface area contributed by atoms with Crippen LogP contribution in [-0.4, -0.2) is 68.1 Å². The Kier molecular flexibility index (Phi) is 16.5. The monoisotopic (exact) mass is 451 g/mol. The number of halogens is 1. The Bertz CT molecular complexity index is 595. The fraction of sp³-hybridized carbons (Fsp3) is 0.500. The highest BCUT2D eigenvalue weighted by atomic mass is 79.9. The molecule has 0 aromatic carbocycles. The van der Waals surface area contributed by atoms with Crippen LogP contribution in [0.15, 0.2) is 57.0 Å². The zero-order chi connectivity index (χ0) is 21.2. The summed E-state index contributed by atoms with van der Waals surface area (Å²) in [6, 6.07) is 0. The molecule has 1 atom stereocenters. The number of hydrogen-bond acceptors (Lipinski definition) is 5. The van der Waals surface area contributed by atoms with E-state index >= 15 is 0 Å². The molecule has 0 saturated carbocycles. The Morgan fingerprint density at radius 3 is 2.71 bits per heavy atom. The first kappa shape index (κ1) is 26.4. The van der Waals surface area contributed by atoms with E-state index in [1.54, 1.807) is 6.08 Å². The van der Waals surface area contributed by atoms with Gasteiger partial charge in [-0.15, -0.1) is 6.58 Å². The van der Waals surface area contributed by atoms with Gasteiger partial charge >= 0.3 is 0 Å². The minimum absolute atomic E-state index is 0.360. The van der Waals surface area contributed by atoms with Crippen LogP contribution >= 0.6 is 15.9 Å². The van der Waals surface area contributed by atoms with E-state index in [1.165, 1.54) is 5.57 Å². The van der Waals surface area contributed by atoms with Crippen LogP contribution in [0.5, 0.6) is 0 Å². The quantitative estimate of drug-likeness (QED) is 0.275. The van der Waals surface area contributed by atoms with Crippen molar-refractivity contribution >= 4 is 34.6 Å². The second kappa shape index (κ2) is 17.5. The van der Waals surface area contributed by atoms with Gasteiger partial charge in [-0.2, -0.15) is 0 Å². The van der Waals surface area contributed by atoms with Crippen molar-refractivity contribution in [2.45, 2.75) is 38.7 Å². The van der Waals surface area contributed by atoms with Crippen molar-refractivity contribution in [2.75, 3.05) is 33.2 Å². The van der Waals surface area contributed by atoms with Crippen LogP contribution in [-0.2, 0) is 4.79 Å². The van der Waals surface area contributed by atoms with Gasteiger partial charge in [0.2, 0.25) is 0 Å². The van der Waals surface area contributed by atoms with Crippen LogP contribution in [0.1, 0.15) is 32.6 Å². The molecule has 0 spiro atoms. The van der Waals surface area contributed by atoms with Gasteiger partial charge in [-0.3, -0.25) is 9.98 Å². The number of hydrogen-bond donors (Lipinski definition) is 1. The zero-order valence-corrected chi connectivity index (χ0v) is 18.8. The van der Waals surface area contributed by atoms with Crippen LogP contribution in [0.25, 0.3) is 0 Å². The van der Waals surface area contributed by atoms with E-state index in [0.29, 0.717) is 25.9 Å². The predicted octanol–water partition coefficient (Wildman–Crippen LogP) is 4.15. The molecule has 0 bridgehead atoms. The Balaban J connectivity index is 0.00000165. The lowest BCUT2D eigenvalue weighted by atomic mass is 10.0. The molecule has 1 N–H and O–H groups in total. The third-order valence-electron chi connectivity index (χ3n) is 3.90. The summed E-state index contributed by atoms with van der Waals surface area (Å²) in [5.41, 5.74) is 2.33. The summed E-state index contributed by atoms with van der Waals surface area (Å²) < 4.78 is 1.02. The second-order valence-electron chi connectivity index (χ2n) is 6.35. The highest BCUT2D eigenvalue weighted by molar-refractivity contribution is 9.12. The Hall–Kier alpha value is -1.63. The van der Waals surface area contributed by atoms with Crippen molar-refractivity contribution in [1.29, 1.82) is 0 Å². The number of aldehydes is 1. The average Bonchev–Trinajstić information content (AvgIpc) is 2.69. The molecule has 6 heteroatoms. The zero-order valence-electron chi connectivity index (χ0n) is 17.2. The van der Waals surface area contributed by atoms with Gasteiger partial charge in [-0.05, 0) is 44.3 Å². The highest BCUT2D eigenvalue weighted by Crippen LogP contribution is 2.26. The number of carbonyl (C=O) groups is 1. The Labute approximate surface area is 178 Å². The topological polar surface area (TPSA) is 65.3 Å². The van der Waals surface area contributed by atoms with Crippen molar-refractivity contribution in [2.24, 2.45) is 9.98 Å². The van der Waals surface area contributed by atoms with E-state index in [-0.39, 0.29) is 6.10 Å². The van der Waals surface area contributed by atoms with Crippen LogP contribution in [0.4, 0.5) is 0 Å². The predicted molar refractivity (Wildman–Crippen MR) is 125 cm³/mol. The lowest BCUT2D eigenvalue weighted by Gasteiger charge is -2.20. The molecule has 0 aromatic rings. The normalized spacial score (nSPS) is 16.9. The molecular weight excluding hydrogens is 418 g/mol. The summed E-state index contributed by atoms with van der Waals surface area (Å²) in [7, 11) is 2.12. The number of aliphatic imine (C=N–C) groups is 2. The largest absolute Gasteiger partial charge is 0.389 e. The Morgan fingerprint density at radius 1 is 1.43 bits per heavy atom. The number of aliphatic hydroxyl groups is 1. The minimum Gasteiger partial charge on any atom is -0.389 e. The van der Waals surface area contributed by atoms with Gasteiger partial charge in [0.25, 0.3) is 0 Å². The third kappa shape index (κ3) is 13.5. The number of carbonyl (C=O) groups excluding carboxylic acids is 1. The first-order valence-electron chi connectivity index (χ1n) is 9.58. The SMILES string of the molecule is C=CCN=C(/C=C\CN=C)CCN(C)CCC1=CCC(O)C=C1Br.CCC=O. The summed E-state index contributed by atoms with van der Waals surface area (Å²) in [6.45, 7) is 12.2. The molecule has 1 aliphatic carbocycles. The number of nitrogens with zero attached hydrogens (tertiary/aromatic N) is 3. The Morgan fingerprint density at radius 2 is 2.14 bits per heavy atom. The standard InChI is InChI=1S/C19H28BrN3O.C3H6O/c1-4-11-22-17(6-5-12-21-2)10-14-23(3)13-9-16-7-8-18(24)15-19(16)20;1-2-3-4/h4-7,15,18,24H,1-2,8-14H2,3H3;3H,2H2,1H3/b6-5-,22-17?;. The van der Waals surface area contributed by atoms with Crippen molar-refractivity contribution in [3.8, 4) is 0 Å². The summed E-state index contributed by atoms with van der Waals surface area (Å²) in [6.07, 6.45) is 13.5. The van der Waals surface area contributed by atoms with Gasteiger partial charge in [0.05, 0.1) is 19.2 Å². The van der Waals surface area contributed by atoms with Crippen LogP contribution in [0.3, 0.4) is 0 Å². The molecule has 156 valence electrons. The summed E-state index contributed by atoms with van der Waals surface area (Å²) in [5, 5.41) is 9.58. The first-order valence-corrected chi connectivity index (χ1v) is 10.4. The van der Waals surface area contributed by atoms with Gasteiger partial charge < -0.3 is 14.8 Å². The van der Waals surface area contributed by atoms with Gasteiger partial charge in [0.1, 0.15) is 6.29 Å². The molecule has 0 aromatic heterocycles. The maximum absolute atomic E-state index is 9.58. The maximum Gasteiger partial charge on any atom is 0.119 e. The third-order valence-corrected chi connectivity index (χ3v) is 4.67. The minimum atomic E-state index is -0.360. The molecule has 0 fully saturated rings. The molecule has 0 aliphatic heterocycles. The molecule has 0 saturated heterocycles. The highest BCUT2D eigenvalue weighted by Gasteiger charge is 2.12. The van der Waals surface area contributed by atoms with Gasteiger partial charge in [0, 0.05) is 36.1 Å². The van der Waals surface area contributed by atoms with Crippen LogP contribution < -0.4 is 0 Å². The van der Waals surface area contributed by atoms with Crippen molar-refractivity contribution < 1.29 is 9.90 Å². The molecule has 0 heterocycles. The molecular formula is C22H34BrN3O2. The van der Waals surface area contributed by atoms with Crippen LogP contribution in [0.2, 0.25) is 0 Å². The summed E-state index contributed by atoms with van der Waals surface area (Å²) in [5.74, 6) is 0. The smallest absolute Gasteiger partial charge is 0.119 e. The summed E-state index contributed by atoms with van der Waals surface area (Å²) >= 11 is 3.53. The van der Waals surface area contributed by atoms with Crippen molar-refractivity contribution in [1.82, 2.24) is 4.90 Å². The van der Waals surface area contributed by atoms with Crippen molar-refractivity contribution in [3.05, 3.63) is 47.0 Å². The van der Waals surface area contributed by atoms with E-state index < -0.39 is 0 Å². The number of allylic oxidation sites excluding steroid dienone is 2. The van der Waals surface area contributed by atoms with E-state index in [2.05, 4.69) is 57.2 Å². The van der Waals surface area contributed by atoms with E-state index in [1.807, 2.05) is 25.2 Å². The first-order chi connectivity index (χ1) is 13.5. The molecule has 0 radical (unpaired) electrons. The van der Waals surface area contributed by atoms with E-state index in [4.69, 9.17) is 0 Å². The van der Waals surface area contributed by atoms with E-state index in [9.17, 15) is 9.90 Å². The second-order valence-corrected chi connectivity index (χ2v) is 7.21. The van der Waals surface area contributed by atoms with Crippen LogP contribution in [0, 0.1) is 0 Å². The fourth-order valence-corrected chi connectivity index (χ4v) is 2.98. The molecule has 1 aliphatic rings. The lowest BCUT2D eigenvalue weighted by molar-refractivity contribution is -0.107. The number of aliphatic hydroxyl groups excluding tert-OH is 1. The van der Waals surface area contributed by atoms with Gasteiger partial charge in [-0.1, -0.05) is 41.1 Å². The maximum atomic E-state index is 9.58. The molecule has 1 rings (SSSR count). The van der Waals surface area contributed by atoms with Gasteiger partial charge in [-0.25, -0.2) is 0 Å².